The van der Waals surface area contributed by atoms with Crippen LogP contribution in [0.3, 0.4) is 0 Å². The van der Waals surface area contributed by atoms with Crippen molar-refractivity contribution in [1.82, 2.24) is 0 Å². The first-order valence-corrected chi connectivity index (χ1v) is 11.1. The molecule has 2 aromatic carbocycles. The van der Waals surface area contributed by atoms with E-state index in [-0.39, 0.29) is 12.0 Å². The van der Waals surface area contributed by atoms with Crippen molar-refractivity contribution in [3.63, 3.8) is 0 Å². The second-order valence-corrected chi connectivity index (χ2v) is 9.18. The number of aliphatic hydroxyl groups is 2. The average Bonchev–Trinajstić information content (AvgIpc) is 3.54. The molecule has 4 nitrogen and oxygen atoms in total. The van der Waals surface area contributed by atoms with Gasteiger partial charge in [0.15, 0.2) is 0 Å². The van der Waals surface area contributed by atoms with Crippen LogP contribution in [-0.2, 0) is 17.6 Å². The van der Waals surface area contributed by atoms with Crippen molar-refractivity contribution in [3.8, 4) is 5.75 Å². The first kappa shape index (κ1) is 20.1. The molecule has 2 aromatic rings. The van der Waals surface area contributed by atoms with Gasteiger partial charge in [0.1, 0.15) is 11.9 Å². The molecule has 0 aromatic heterocycles. The number of fused-ring (bicyclic) bond motifs is 1. The Kier molecular flexibility index (Phi) is 5.14. The van der Waals surface area contributed by atoms with Crippen LogP contribution in [0.4, 0.5) is 0 Å². The number of hydrogen-bond acceptors (Lipinski definition) is 4. The van der Waals surface area contributed by atoms with E-state index in [9.17, 15) is 10.2 Å². The Balaban J connectivity index is 1.44. The lowest BCUT2D eigenvalue weighted by Gasteiger charge is -2.43. The van der Waals surface area contributed by atoms with Gasteiger partial charge in [-0.25, -0.2) is 0 Å². The Labute approximate surface area is 182 Å². The molecule has 30 heavy (non-hydrogen) atoms. The lowest BCUT2D eigenvalue weighted by atomic mass is 9.82. The fraction of sp³-hybridized carbons (Fsp3) is 0.440. The van der Waals surface area contributed by atoms with E-state index in [0.717, 1.165) is 49.2 Å². The Hall–Kier alpha value is -1.85. The minimum Gasteiger partial charge on any atom is -0.493 e. The van der Waals surface area contributed by atoms with E-state index in [1.165, 1.54) is 11.1 Å². The fourth-order valence-corrected chi connectivity index (χ4v) is 5.03. The third-order valence-corrected chi connectivity index (χ3v) is 7.12. The van der Waals surface area contributed by atoms with Gasteiger partial charge < -0.3 is 19.7 Å². The number of benzene rings is 2. The average molecular weight is 427 g/mol. The van der Waals surface area contributed by atoms with Gasteiger partial charge in [0, 0.05) is 10.9 Å². The summed E-state index contributed by atoms with van der Waals surface area (Å²) in [6, 6.07) is 12.3. The summed E-state index contributed by atoms with van der Waals surface area (Å²) in [5.74, 6) is 0.609. The first-order chi connectivity index (χ1) is 14.5. The number of rotatable bonds is 4. The molecular weight excluding hydrogens is 400 g/mol. The predicted molar refractivity (Wildman–Crippen MR) is 116 cm³/mol. The highest BCUT2D eigenvalue weighted by molar-refractivity contribution is 6.31. The van der Waals surface area contributed by atoms with E-state index in [4.69, 9.17) is 21.1 Å². The van der Waals surface area contributed by atoms with Gasteiger partial charge in [-0.05, 0) is 66.5 Å². The highest BCUT2D eigenvalue weighted by Crippen LogP contribution is 2.54. The zero-order valence-electron chi connectivity index (χ0n) is 16.9. The molecule has 0 amide bonds. The largest absolute Gasteiger partial charge is 0.493 e. The topological polar surface area (TPSA) is 58.9 Å². The van der Waals surface area contributed by atoms with Crippen LogP contribution in [0.5, 0.6) is 5.75 Å². The van der Waals surface area contributed by atoms with E-state index < -0.39 is 17.8 Å². The number of ether oxygens (including phenoxy) is 2. The number of hydrogen-bond donors (Lipinski definition) is 2. The Morgan fingerprint density at radius 1 is 1.17 bits per heavy atom. The van der Waals surface area contributed by atoms with Crippen LogP contribution >= 0.6 is 11.6 Å². The second kappa shape index (κ2) is 7.69. The van der Waals surface area contributed by atoms with Gasteiger partial charge in [0.05, 0.1) is 24.4 Å². The van der Waals surface area contributed by atoms with Gasteiger partial charge in [-0.1, -0.05) is 41.9 Å². The summed E-state index contributed by atoms with van der Waals surface area (Å²) in [7, 11) is 0. The lowest BCUT2D eigenvalue weighted by molar-refractivity contribution is -0.205. The van der Waals surface area contributed by atoms with Crippen LogP contribution in [-0.4, -0.2) is 34.6 Å². The summed E-state index contributed by atoms with van der Waals surface area (Å²) >= 11 is 6.54. The first-order valence-electron chi connectivity index (χ1n) is 10.7. The van der Waals surface area contributed by atoms with E-state index >= 15 is 0 Å². The van der Waals surface area contributed by atoms with Gasteiger partial charge in [-0.2, -0.15) is 0 Å². The molecule has 0 radical (unpaired) electrons. The molecule has 1 spiro atoms. The number of halogens is 1. The smallest absolute Gasteiger partial charge is 0.122 e. The van der Waals surface area contributed by atoms with Crippen molar-refractivity contribution in [2.45, 2.75) is 56.0 Å². The van der Waals surface area contributed by atoms with E-state index in [0.29, 0.717) is 11.4 Å². The summed E-state index contributed by atoms with van der Waals surface area (Å²) < 4.78 is 12.1. The van der Waals surface area contributed by atoms with Crippen molar-refractivity contribution < 1.29 is 19.7 Å². The molecule has 2 aliphatic heterocycles. The quantitative estimate of drug-likeness (QED) is 0.712. The highest BCUT2D eigenvalue weighted by atomic mass is 35.5. The molecule has 2 heterocycles. The van der Waals surface area contributed by atoms with Crippen molar-refractivity contribution in [3.05, 3.63) is 76.3 Å². The maximum atomic E-state index is 10.7. The van der Waals surface area contributed by atoms with Gasteiger partial charge in [-0.3, -0.25) is 0 Å². The molecule has 1 saturated heterocycles. The minimum absolute atomic E-state index is 0.351. The maximum absolute atomic E-state index is 10.7. The molecule has 158 valence electrons. The third kappa shape index (κ3) is 3.46. The number of aryl methyl sites for hydroxylation is 1. The fourth-order valence-electron chi connectivity index (χ4n) is 4.84. The molecule has 2 N–H and O–H groups in total. The second-order valence-electron chi connectivity index (χ2n) is 8.77. The molecule has 0 bridgehead atoms. The van der Waals surface area contributed by atoms with Gasteiger partial charge in [0.25, 0.3) is 0 Å². The molecule has 4 unspecified atom stereocenters. The molecule has 2 fully saturated rings. The summed E-state index contributed by atoms with van der Waals surface area (Å²) in [4.78, 5) is 0. The summed E-state index contributed by atoms with van der Waals surface area (Å²) in [5, 5.41) is 21.9. The van der Waals surface area contributed by atoms with Gasteiger partial charge in [-0.15, -0.1) is 6.58 Å². The Bertz CT molecular complexity index is 968. The van der Waals surface area contributed by atoms with Crippen LogP contribution in [0.15, 0.2) is 49.1 Å². The maximum Gasteiger partial charge on any atom is 0.122 e. The van der Waals surface area contributed by atoms with Crippen LogP contribution in [0.2, 0.25) is 5.02 Å². The SMILES string of the molecule is C=CC1C(c2ccc(Cl)c(Cc3ccc4c(c3)CCCO4)c2)OC2(CC2)C(O)C1O. The normalized spacial score (nSPS) is 29.2. The summed E-state index contributed by atoms with van der Waals surface area (Å²) in [6.45, 7) is 4.66. The third-order valence-electron chi connectivity index (χ3n) is 6.75. The molecule has 1 aliphatic carbocycles. The molecular formula is C25H27ClO4. The van der Waals surface area contributed by atoms with Gasteiger partial charge >= 0.3 is 0 Å². The van der Waals surface area contributed by atoms with Crippen LogP contribution < -0.4 is 4.74 Å². The van der Waals surface area contributed by atoms with Crippen LogP contribution in [0.25, 0.3) is 0 Å². The lowest BCUT2D eigenvalue weighted by Crippen LogP contribution is -2.52. The Morgan fingerprint density at radius 3 is 2.77 bits per heavy atom. The van der Waals surface area contributed by atoms with Crippen molar-refractivity contribution in [1.29, 1.82) is 0 Å². The van der Waals surface area contributed by atoms with Crippen molar-refractivity contribution in [2.75, 3.05) is 6.61 Å². The molecule has 5 heteroatoms. The summed E-state index contributed by atoms with van der Waals surface area (Å²) in [5.41, 5.74) is 3.79. The zero-order valence-corrected chi connectivity index (χ0v) is 17.6. The molecule has 3 aliphatic rings. The zero-order chi connectivity index (χ0) is 20.9. The van der Waals surface area contributed by atoms with E-state index in [2.05, 4.69) is 24.8 Å². The molecule has 5 rings (SSSR count). The highest BCUT2D eigenvalue weighted by Gasteiger charge is 2.60. The monoisotopic (exact) mass is 426 g/mol. The van der Waals surface area contributed by atoms with Crippen LogP contribution in [0.1, 0.15) is 47.6 Å². The van der Waals surface area contributed by atoms with Crippen molar-refractivity contribution in [2.24, 2.45) is 5.92 Å². The van der Waals surface area contributed by atoms with Gasteiger partial charge in [0.2, 0.25) is 0 Å². The van der Waals surface area contributed by atoms with E-state index in [1.54, 1.807) is 6.08 Å². The van der Waals surface area contributed by atoms with Crippen LogP contribution in [0, 0.1) is 5.92 Å². The van der Waals surface area contributed by atoms with Crippen molar-refractivity contribution >= 4 is 11.6 Å². The summed E-state index contributed by atoms with van der Waals surface area (Å²) in [6.07, 6.45) is 3.90. The molecule has 1 saturated carbocycles. The standard InChI is InChI=1S/C25H27ClO4/c1-2-19-22(27)24(28)25(9-10-25)30-23(19)17-6-7-20(26)18(14-17)13-15-5-8-21-16(12-15)4-3-11-29-21/h2,5-8,12,14,19,22-24,27-28H,1,3-4,9-11,13H2. The molecule has 4 atom stereocenters. The van der Waals surface area contributed by atoms with E-state index in [1.807, 2.05) is 18.2 Å². The number of aliphatic hydroxyl groups excluding tert-OH is 2. The Morgan fingerprint density at radius 2 is 2.00 bits per heavy atom. The minimum atomic E-state index is -0.886. The predicted octanol–water partition coefficient (Wildman–Crippen LogP) is 4.38.